The van der Waals surface area contributed by atoms with Gasteiger partial charge >= 0.3 is 5.97 Å². The first-order valence-corrected chi connectivity index (χ1v) is 10.9. The highest BCUT2D eigenvalue weighted by atomic mass is 16.4. The molecule has 0 radical (unpaired) electrons. The van der Waals surface area contributed by atoms with Gasteiger partial charge in [-0.15, -0.1) is 0 Å². The second-order valence-corrected chi connectivity index (χ2v) is 8.48. The molecule has 0 saturated heterocycles. The third-order valence-electron chi connectivity index (χ3n) is 6.53. The molecule has 158 valence electrons. The molecular formula is C23H36O5. The Morgan fingerprint density at radius 1 is 1.21 bits per heavy atom. The summed E-state index contributed by atoms with van der Waals surface area (Å²) in [6.45, 7) is 2.22. The number of allylic oxidation sites excluding steroid dienone is 2. The predicted octanol–water partition coefficient (Wildman–Crippen LogP) is 3.89. The standard InChI is InChI=1S/C23H36O5/c1-2-16-9-11-17(12-10-16)20(24)14-13-19-18(21(25)15-22(19)26)7-5-3-4-6-8-23(27)28/h3,5,13-14,16-20,22,24,26H,2,4,6-12,15H2,1H3,(H,27,28)/b5-3-,14-13+/t16?,17?,18-,19-,20-,22-/m1/s1. The van der Waals surface area contributed by atoms with Crippen LogP contribution >= 0.6 is 0 Å². The summed E-state index contributed by atoms with van der Waals surface area (Å²) in [4.78, 5) is 22.8. The maximum atomic E-state index is 12.3. The lowest BCUT2D eigenvalue weighted by Crippen LogP contribution is -2.25. The number of rotatable bonds is 10. The number of aliphatic carboxylic acids is 1. The molecular weight excluding hydrogens is 356 g/mol. The van der Waals surface area contributed by atoms with Gasteiger partial charge in [0.05, 0.1) is 12.2 Å². The van der Waals surface area contributed by atoms with Crippen LogP contribution < -0.4 is 0 Å². The van der Waals surface area contributed by atoms with Crippen LogP contribution in [0.25, 0.3) is 0 Å². The molecule has 0 aliphatic heterocycles. The summed E-state index contributed by atoms with van der Waals surface area (Å²) in [5.74, 6) is -0.179. The minimum absolute atomic E-state index is 0.0651. The monoisotopic (exact) mass is 392 g/mol. The van der Waals surface area contributed by atoms with Crippen molar-refractivity contribution in [2.75, 3.05) is 0 Å². The minimum Gasteiger partial charge on any atom is -0.481 e. The number of hydrogen-bond donors (Lipinski definition) is 3. The lowest BCUT2D eigenvalue weighted by molar-refractivity contribution is -0.137. The van der Waals surface area contributed by atoms with E-state index in [1.165, 1.54) is 19.3 Å². The Hall–Kier alpha value is -1.46. The normalized spacial score (nSPS) is 32.4. The van der Waals surface area contributed by atoms with E-state index in [1.807, 2.05) is 18.2 Å². The zero-order valence-corrected chi connectivity index (χ0v) is 17.0. The number of carbonyl (C=O) groups is 2. The van der Waals surface area contributed by atoms with E-state index >= 15 is 0 Å². The zero-order valence-electron chi connectivity index (χ0n) is 17.0. The number of carbonyl (C=O) groups excluding carboxylic acids is 1. The van der Waals surface area contributed by atoms with Gasteiger partial charge in [-0.2, -0.15) is 0 Å². The number of hydrogen-bond acceptors (Lipinski definition) is 4. The Labute approximate surface area is 168 Å². The molecule has 5 heteroatoms. The third-order valence-corrected chi connectivity index (χ3v) is 6.53. The molecule has 2 aliphatic rings. The van der Waals surface area contributed by atoms with E-state index in [0.29, 0.717) is 19.3 Å². The molecule has 0 spiro atoms. The van der Waals surface area contributed by atoms with E-state index in [-0.39, 0.29) is 36.4 Å². The molecule has 0 bridgehead atoms. The molecule has 2 saturated carbocycles. The number of ketones is 1. The van der Waals surface area contributed by atoms with Crippen molar-refractivity contribution in [3.63, 3.8) is 0 Å². The van der Waals surface area contributed by atoms with Gasteiger partial charge in [-0.25, -0.2) is 0 Å². The van der Waals surface area contributed by atoms with Crippen LogP contribution in [-0.2, 0) is 9.59 Å². The van der Waals surface area contributed by atoms with Crippen LogP contribution in [0.3, 0.4) is 0 Å². The van der Waals surface area contributed by atoms with Crippen molar-refractivity contribution in [2.45, 2.75) is 83.3 Å². The van der Waals surface area contributed by atoms with Gasteiger partial charge in [0.2, 0.25) is 0 Å². The van der Waals surface area contributed by atoms with Crippen molar-refractivity contribution in [1.82, 2.24) is 0 Å². The maximum Gasteiger partial charge on any atom is 0.303 e. The van der Waals surface area contributed by atoms with Gasteiger partial charge in [0.15, 0.2) is 0 Å². The van der Waals surface area contributed by atoms with Gasteiger partial charge < -0.3 is 15.3 Å². The molecule has 0 aromatic carbocycles. The number of aliphatic hydroxyl groups excluding tert-OH is 2. The molecule has 28 heavy (non-hydrogen) atoms. The Morgan fingerprint density at radius 2 is 1.93 bits per heavy atom. The lowest BCUT2D eigenvalue weighted by atomic mass is 9.78. The first-order chi connectivity index (χ1) is 13.4. The first kappa shape index (κ1) is 22.8. The second-order valence-electron chi connectivity index (χ2n) is 8.48. The van der Waals surface area contributed by atoms with Crippen molar-refractivity contribution >= 4 is 11.8 Å². The van der Waals surface area contributed by atoms with Crippen LogP contribution in [-0.4, -0.2) is 39.3 Å². The quantitative estimate of drug-likeness (QED) is 0.387. The van der Waals surface area contributed by atoms with Crippen molar-refractivity contribution < 1.29 is 24.9 Å². The summed E-state index contributed by atoms with van der Waals surface area (Å²) in [6, 6.07) is 0. The molecule has 2 fully saturated rings. The lowest BCUT2D eigenvalue weighted by Gasteiger charge is -2.30. The third kappa shape index (κ3) is 6.85. The van der Waals surface area contributed by atoms with E-state index in [2.05, 4.69) is 6.92 Å². The topological polar surface area (TPSA) is 94.8 Å². The Morgan fingerprint density at radius 3 is 2.57 bits per heavy atom. The number of carboxylic acids is 1. The Bertz CT molecular complexity index is 559. The van der Waals surface area contributed by atoms with Gasteiger partial charge in [0.1, 0.15) is 5.78 Å². The van der Waals surface area contributed by atoms with Gasteiger partial charge in [0, 0.05) is 24.7 Å². The average Bonchev–Trinajstić information content (AvgIpc) is 2.95. The molecule has 0 amide bonds. The fraction of sp³-hybridized carbons (Fsp3) is 0.739. The van der Waals surface area contributed by atoms with Crippen molar-refractivity contribution in [1.29, 1.82) is 0 Å². The van der Waals surface area contributed by atoms with Crippen LogP contribution in [0.4, 0.5) is 0 Å². The Kier molecular flexibility index (Phi) is 9.39. The molecule has 5 nitrogen and oxygen atoms in total. The van der Waals surface area contributed by atoms with E-state index in [4.69, 9.17) is 5.11 Å². The molecule has 0 aromatic heterocycles. The molecule has 2 aliphatic carbocycles. The molecule has 0 heterocycles. The number of Topliss-reactive ketones (excluding diaryl/α,β-unsaturated/α-hetero) is 1. The number of carboxylic acid groups (broad SMARTS) is 1. The SMILES string of the molecule is CCC1CCC([C@H](O)/C=C/[C@H]2[C@H](O)CC(=O)[C@@H]2C/C=C\CCCC(=O)O)CC1. The molecule has 0 aromatic rings. The summed E-state index contributed by atoms with van der Waals surface area (Å²) < 4.78 is 0. The van der Waals surface area contributed by atoms with Gasteiger partial charge in [-0.3, -0.25) is 9.59 Å². The molecule has 4 atom stereocenters. The summed E-state index contributed by atoms with van der Waals surface area (Å²) in [5, 5.41) is 29.5. The van der Waals surface area contributed by atoms with E-state index in [0.717, 1.165) is 18.8 Å². The largest absolute Gasteiger partial charge is 0.481 e. The summed E-state index contributed by atoms with van der Waals surface area (Å²) in [6.07, 6.45) is 14.1. The van der Waals surface area contributed by atoms with Crippen LogP contribution in [0.1, 0.15) is 71.1 Å². The number of unbranched alkanes of at least 4 members (excludes halogenated alkanes) is 1. The van der Waals surface area contributed by atoms with E-state index < -0.39 is 18.2 Å². The Balaban J connectivity index is 1.85. The number of aliphatic hydroxyl groups is 2. The predicted molar refractivity (Wildman–Crippen MR) is 109 cm³/mol. The van der Waals surface area contributed by atoms with Crippen LogP contribution in [0.15, 0.2) is 24.3 Å². The van der Waals surface area contributed by atoms with Crippen LogP contribution in [0.2, 0.25) is 0 Å². The van der Waals surface area contributed by atoms with E-state index in [9.17, 15) is 19.8 Å². The zero-order chi connectivity index (χ0) is 20.5. The fourth-order valence-corrected chi connectivity index (χ4v) is 4.60. The molecule has 0 unspecified atom stereocenters. The van der Waals surface area contributed by atoms with Crippen molar-refractivity contribution in [3.05, 3.63) is 24.3 Å². The fourth-order valence-electron chi connectivity index (χ4n) is 4.60. The van der Waals surface area contributed by atoms with Crippen LogP contribution in [0, 0.1) is 23.7 Å². The van der Waals surface area contributed by atoms with Gasteiger partial charge in [0.25, 0.3) is 0 Å². The van der Waals surface area contributed by atoms with Crippen LogP contribution in [0.5, 0.6) is 0 Å². The molecule has 3 N–H and O–H groups in total. The minimum atomic E-state index is -0.797. The first-order valence-electron chi connectivity index (χ1n) is 10.9. The highest BCUT2D eigenvalue weighted by Crippen LogP contribution is 2.35. The summed E-state index contributed by atoms with van der Waals surface area (Å²) in [7, 11) is 0. The molecule has 2 rings (SSSR count). The maximum absolute atomic E-state index is 12.3. The summed E-state index contributed by atoms with van der Waals surface area (Å²) in [5.41, 5.74) is 0. The smallest absolute Gasteiger partial charge is 0.303 e. The summed E-state index contributed by atoms with van der Waals surface area (Å²) >= 11 is 0. The highest BCUT2D eigenvalue weighted by Gasteiger charge is 2.39. The van der Waals surface area contributed by atoms with Crippen molar-refractivity contribution in [3.8, 4) is 0 Å². The van der Waals surface area contributed by atoms with E-state index in [1.54, 1.807) is 6.08 Å². The van der Waals surface area contributed by atoms with Gasteiger partial charge in [-0.05, 0) is 43.9 Å². The second kappa shape index (κ2) is 11.5. The average molecular weight is 393 g/mol. The van der Waals surface area contributed by atoms with Crippen molar-refractivity contribution in [2.24, 2.45) is 23.7 Å². The van der Waals surface area contributed by atoms with Gasteiger partial charge in [-0.1, -0.05) is 50.5 Å². The highest BCUT2D eigenvalue weighted by molar-refractivity contribution is 5.84.